The van der Waals surface area contributed by atoms with Crippen molar-refractivity contribution in [2.45, 2.75) is 45.7 Å². The van der Waals surface area contributed by atoms with Crippen LogP contribution in [0.25, 0.3) is 0 Å². The monoisotopic (exact) mass is 580 g/mol. The van der Waals surface area contributed by atoms with Crippen molar-refractivity contribution in [2.24, 2.45) is 4.99 Å². The van der Waals surface area contributed by atoms with Gasteiger partial charge >= 0.3 is 0 Å². The predicted molar refractivity (Wildman–Crippen MR) is 170 cm³/mol. The number of allylic oxidation sites excluding steroid dienone is 1. The number of ether oxygens (including phenoxy) is 1. The molecule has 0 fully saturated rings. The van der Waals surface area contributed by atoms with Gasteiger partial charge in [0.25, 0.3) is 5.91 Å². The number of rotatable bonds is 9. The van der Waals surface area contributed by atoms with E-state index in [9.17, 15) is 9.59 Å². The van der Waals surface area contributed by atoms with E-state index in [1.165, 1.54) is 17.3 Å². The minimum atomic E-state index is -0.439. The number of amides is 2. The predicted octanol–water partition coefficient (Wildman–Crippen LogP) is 7.08. The summed E-state index contributed by atoms with van der Waals surface area (Å²) < 4.78 is 5.26. The van der Waals surface area contributed by atoms with Gasteiger partial charge in [0.05, 0.1) is 30.8 Å². The van der Waals surface area contributed by atoms with Gasteiger partial charge in [-0.05, 0) is 59.2 Å². The fourth-order valence-corrected chi connectivity index (χ4v) is 6.11. The lowest BCUT2D eigenvalue weighted by Gasteiger charge is -2.37. The lowest BCUT2D eigenvalue weighted by molar-refractivity contribution is -0.129. The smallest absolute Gasteiger partial charge is 0.255 e. The number of nitrogens with one attached hydrogen (secondary N) is 1. The van der Waals surface area contributed by atoms with Crippen LogP contribution in [0.2, 0.25) is 0 Å². The first-order valence-corrected chi connectivity index (χ1v) is 14.9. The topological polar surface area (TPSA) is 74.2 Å². The summed E-state index contributed by atoms with van der Waals surface area (Å²) in [4.78, 5) is 36.0. The van der Waals surface area contributed by atoms with Crippen LogP contribution in [0.15, 0.2) is 106 Å². The van der Waals surface area contributed by atoms with Gasteiger partial charge in [-0.1, -0.05) is 80.2 Å². The second-order valence-corrected chi connectivity index (χ2v) is 11.6. The number of fused-ring (bicyclic) bond motifs is 1. The average Bonchev–Trinajstić information content (AvgIpc) is 3.38. The first kappa shape index (κ1) is 29.2. The number of methoxy groups -OCH3 is 1. The van der Waals surface area contributed by atoms with Gasteiger partial charge in [0.1, 0.15) is 5.75 Å². The lowest BCUT2D eigenvalue weighted by atomic mass is 9.91. The molecule has 2 aliphatic rings. The Morgan fingerprint density at radius 2 is 1.71 bits per heavy atom. The Hall–Kier alpha value is -4.30. The highest BCUT2D eigenvalue weighted by Gasteiger charge is 2.40. The number of aliphatic imine (C=N–C) groups is 1. The van der Waals surface area contributed by atoms with Gasteiger partial charge in [-0.15, -0.1) is 0 Å². The Morgan fingerprint density at radius 3 is 2.36 bits per heavy atom. The van der Waals surface area contributed by atoms with E-state index in [1.807, 2.05) is 74.0 Å². The Bertz CT molecular complexity index is 1540. The van der Waals surface area contributed by atoms with Gasteiger partial charge < -0.3 is 19.9 Å². The second-order valence-electron chi connectivity index (χ2n) is 10.8. The SMILES string of the molecule is COc1ccc(NC(=O)C2=C(C)N=C3SC=C(CC(=O)N(C)Cc4ccccc4)N3[C@@H]2c2ccc(C(C)C)cc2)cc1. The molecule has 0 bridgehead atoms. The van der Waals surface area contributed by atoms with Crippen LogP contribution < -0.4 is 10.1 Å². The molecule has 3 aromatic rings. The summed E-state index contributed by atoms with van der Waals surface area (Å²) in [7, 11) is 3.43. The minimum Gasteiger partial charge on any atom is -0.497 e. The summed E-state index contributed by atoms with van der Waals surface area (Å²) in [6.07, 6.45) is 0.197. The molecule has 0 aromatic heterocycles. The van der Waals surface area contributed by atoms with Crippen LogP contribution in [-0.4, -0.2) is 40.9 Å². The molecule has 42 heavy (non-hydrogen) atoms. The Labute approximate surface area is 252 Å². The fraction of sp³-hybridized carbons (Fsp3) is 0.265. The molecule has 5 rings (SSSR count). The largest absolute Gasteiger partial charge is 0.497 e. The number of amidine groups is 1. The lowest BCUT2D eigenvalue weighted by Crippen LogP contribution is -2.39. The maximum Gasteiger partial charge on any atom is 0.255 e. The number of carbonyl (C=O) groups excluding carboxylic acids is 2. The zero-order valence-corrected chi connectivity index (χ0v) is 25.4. The molecule has 8 heteroatoms. The van der Waals surface area contributed by atoms with Crippen molar-refractivity contribution in [2.75, 3.05) is 19.5 Å². The highest BCUT2D eigenvalue weighted by molar-refractivity contribution is 8.16. The van der Waals surface area contributed by atoms with Crippen LogP contribution in [0, 0.1) is 0 Å². The first-order valence-electron chi connectivity index (χ1n) is 14.0. The molecule has 2 heterocycles. The third-order valence-electron chi connectivity index (χ3n) is 7.53. The van der Waals surface area contributed by atoms with Crippen LogP contribution in [0.4, 0.5) is 5.69 Å². The van der Waals surface area contributed by atoms with Crippen molar-refractivity contribution in [3.05, 3.63) is 118 Å². The average molecular weight is 581 g/mol. The number of thioether (sulfide) groups is 1. The molecule has 1 N–H and O–H groups in total. The van der Waals surface area contributed by atoms with E-state index in [1.54, 1.807) is 12.0 Å². The van der Waals surface area contributed by atoms with E-state index in [4.69, 9.17) is 9.73 Å². The van der Waals surface area contributed by atoms with E-state index in [2.05, 4.69) is 48.3 Å². The normalized spacial score (nSPS) is 16.1. The second kappa shape index (κ2) is 12.7. The van der Waals surface area contributed by atoms with Crippen molar-refractivity contribution in [3.8, 4) is 5.75 Å². The van der Waals surface area contributed by atoms with Crippen LogP contribution in [0.5, 0.6) is 5.75 Å². The molecule has 0 radical (unpaired) electrons. The minimum absolute atomic E-state index is 0.00336. The van der Waals surface area contributed by atoms with E-state index in [0.29, 0.717) is 35.2 Å². The van der Waals surface area contributed by atoms with E-state index < -0.39 is 6.04 Å². The van der Waals surface area contributed by atoms with E-state index >= 15 is 0 Å². The van der Waals surface area contributed by atoms with Crippen LogP contribution in [0.3, 0.4) is 0 Å². The van der Waals surface area contributed by atoms with Crippen LogP contribution >= 0.6 is 11.8 Å². The molecule has 0 unspecified atom stereocenters. The van der Waals surface area contributed by atoms with Crippen LogP contribution in [-0.2, 0) is 16.1 Å². The summed E-state index contributed by atoms with van der Waals surface area (Å²) >= 11 is 1.49. The summed E-state index contributed by atoms with van der Waals surface area (Å²) in [5, 5.41) is 5.80. The number of hydrogen-bond donors (Lipinski definition) is 1. The van der Waals surface area contributed by atoms with Gasteiger partial charge in [-0.3, -0.25) is 9.59 Å². The molecule has 0 saturated heterocycles. The Kier molecular flexibility index (Phi) is 8.83. The molecule has 3 aromatic carbocycles. The fourth-order valence-electron chi connectivity index (χ4n) is 5.15. The summed E-state index contributed by atoms with van der Waals surface area (Å²) in [6, 6.07) is 25.2. The third-order valence-corrected chi connectivity index (χ3v) is 8.42. The molecule has 216 valence electrons. The van der Waals surface area contributed by atoms with Gasteiger partial charge in [-0.25, -0.2) is 4.99 Å². The molecule has 7 nitrogen and oxygen atoms in total. The molecular formula is C34H36N4O3S. The maximum atomic E-state index is 13.9. The molecular weight excluding hydrogens is 544 g/mol. The molecule has 1 atom stereocenters. The van der Waals surface area contributed by atoms with Gasteiger partial charge in [-0.2, -0.15) is 0 Å². The van der Waals surface area contributed by atoms with Gasteiger partial charge in [0.2, 0.25) is 5.91 Å². The standard InChI is InChI=1S/C34H36N4O3S/c1-22(2)25-11-13-26(14-12-25)32-31(33(40)36-27-15-17-29(41-5)18-16-27)23(3)35-34-38(32)28(21-42-34)19-30(39)37(4)20-24-9-7-6-8-10-24/h6-18,21-22,32H,19-20H2,1-5H3,(H,36,40)/t32-/m1/s1. The number of carbonyl (C=O) groups is 2. The van der Waals surface area contributed by atoms with Gasteiger partial charge in [0.15, 0.2) is 5.17 Å². The van der Waals surface area contributed by atoms with Crippen molar-refractivity contribution in [1.82, 2.24) is 9.80 Å². The zero-order chi connectivity index (χ0) is 29.8. The number of nitrogens with zero attached hydrogens (tertiary/aromatic N) is 3. The summed E-state index contributed by atoms with van der Waals surface area (Å²) in [5.74, 6) is 0.857. The number of hydrogen-bond acceptors (Lipinski definition) is 6. The molecule has 2 aliphatic heterocycles. The number of anilines is 1. The molecule has 0 saturated carbocycles. The highest BCUT2D eigenvalue weighted by atomic mass is 32.2. The van der Waals surface area contributed by atoms with Gasteiger partial charge in [0, 0.05) is 25.0 Å². The van der Waals surface area contributed by atoms with Crippen LogP contribution in [0.1, 0.15) is 55.8 Å². The maximum absolute atomic E-state index is 13.9. The summed E-state index contributed by atoms with van der Waals surface area (Å²) in [6.45, 7) is 6.72. The highest BCUT2D eigenvalue weighted by Crippen LogP contribution is 2.45. The van der Waals surface area contributed by atoms with E-state index in [-0.39, 0.29) is 18.2 Å². The quantitative estimate of drug-likeness (QED) is 0.293. The first-order chi connectivity index (χ1) is 20.2. The van der Waals surface area contributed by atoms with Crippen molar-refractivity contribution in [1.29, 1.82) is 0 Å². The number of benzene rings is 3. The zero-order valence-electron chi connectivity index (χ0n) is 24.6. The molecule has 0 spiro atoms. The third kappa shape index (κ3) is 6.29. The Morgan fingerprint density at radius 1 is 1.02 bits per heavy atom. The summed E-state index contributed by atoms with van der Waals surface area (Å²) in [5.41, 5.74) is 5.94. The molecule has 2 amide bonds. The van der Waals surface area contributed by atoms with Crippen molar-refractivity contribution < 1.29 is 14.3 Å². The van der Waals surface area contributed by atoms with Crippen molar-refractivity contribution in [3.63, 3.8) is 0 Å². The van der Waals surface area contributed by atoms with E-state index in [0.717, 1.165) is 22.0 Å². The molecule has 0 aliphatic carbocycles. The van der Waals surface area contributed by atoms with Crippen molar-refractivity contribution >= 4 is 34.4 Å². The Balaban J connectivity index is 1.46.